The fourth-order valence-electron chi connectivity index (χ4n) is 4.64. The largest absolute Gasteiger partial charge is 0.503 e. The molecule has 1 N–H and O–H groups in total. The fourth-order valence-corrected chi connectivity index (χ4v) is 4.64. The summed E-state index contributed by atoms with van der Waals surface area (Å²) >= 11 is 0. The number of aromatic nitrogens is 2. The van der Waals surface area contributed by atoms with Gasteiger partial charge in [-0.05, 0) is 41.3 Å². The molecule has 196 valence electrons. The number of allylic oxidation sites excluding steroid dienone is 1. The third kappa shape index (κ3) is 6.15. The van der Waals surface area contributed by atoms with Gasteiger partial charge in [0.1, 0.15) is 12.4 Å². The van der Waals surface area contributed by atoms with E-state index in [4.69, 9.17) is 4.74 Å². The first kappa shape index (κ1) is 25.7. The Morgan fingerprint density at radius 1 is 0.949 bits per heavy atom. The van der Waals surface area contributed by atoms with E-state index in [9.17, 15) is 14.7 Å². The van der Waals surface area contributed by atoms with Crippen LogP contribution in [0.25, 0.3) is 6.08 Å². The van der Waals surface area contributed by atoms with Crippen molar-refractivity contribution in [2.24, 2.45) is 0 Å². The van der Waals surface area contributed by atoms with Crippen LogP contribution in [0.3, 0.4) is 0 Å². The highest BCUT2D eigenvalue weighted by atomic mass is 16.5. The highest BCUT2D eigenvalue weighted by molar-refractivity contribution is 6.14. The molecule has 0 radical (unpaired) electrons. The first-order valence-electron chi connectivity index (χ1n) is 12.8. The zero-order valence-electron chi connectivity index (χ0n) is 21.4. The average molecular weight is 520 g/mol. The van der Waals surface area contributed by atoms with Gasteiger partial charge in [0, 0.05) is 25.5 Å². The van der Waals surface area contributed by atoms with E-state index in [1.54, 1.807) is 23.5 Å². The van der Waals surface area contributed by atoms with Crippen molar-refractivity contribution in [3.05, 3.63) is 138 Å². The summed E-state index contributed by atoms with van der Waals surface area (Å²) in [5, 5.41) is 10.9. The molecule has 2 heterocycles. The average Bonchev–Trinajstić information content (AvgIpc) is 3.59. The van der Waals surface area contributed by atoms with Crippen LogP contribution in [-0.2, 0) is 22.7 Å². The maximum absolute atomic E-state index is 13.4. The summed E-state index contributed by atoms with van der Waals surface area (Å²) in [5.74, 6) is -0.791. The van der Waals surface area contributed by atoms with Crippen LogP contribution < -0.4 is 4.74 Å². The molecule has 0 saturated carbocycles. The van der Waals surface area contributed by atoms with Crippen molar-refractivity contribution >= 4 is 17.8 Å². The molecule has 0 saturated heterocycles. The number of aliphatic hydroxyl groups excluding tert-OH is 1. The number of carbonyl (C=O) groups is 2. The van der Waals surface area contributed by atoms with Gasteiger partial charge in [0.15, 0.2) is 11.5 Å². The summed E-state index contributed by atoms with van der Waals surface area (Å²) in [6, 6.07) is 25.9. The summed E-state index contributed by atoms with van der Waals surface area (Å²) in [5.41, 5.74) is 2.70. The molecule has 1 amide bonds. The number of rotatable bonds is 11. The van der Waals surface area contributed by atoms with E-state index < -0.39 is 23.5 Å². The molecule has 1 aromatic heterocycles. The van der Waals surface area contributed by atoms with Crippen LogP contribution in [0.15, 0.2) is 121 Å². The van der Waals surface area contributed by atoms with Gasteiger partial charge in [-0.1, -0.05) is 78.9 Å². The topological polar surface area (TPSA) is 84.7 Å². The lowest BCUT2D eigenvalue weighted by Crippen LogP contribution is -2.32. The summed E-state index contributed by atoms with van der Waals surface area (Å²) in [6.45, 7) is 1.44. The first-order chi connectivity index (χ1) is 19.1. The van der Waals surface area contributed by atoms with Gasteiger partial charge in [-0.25, -0.2) is 4.98 Å². The predicted molar refractivity (Wildman–Crippen MR) is 149 cm³/mol. The SMILES string of the molecule is O=C(/C=C/c1ccccc1)C1=C(O)C(=O)N(CCCn2ccnc2)C1c1ccc(OCc2ccccc2)cc1. The Morgan fingerprint density at radius 3 is 2.36 bits per heavy atom. The van der Waals surface area contributed by atoms with E-state index in [1.807, 2.05) is 95.7 Å². The highest BCUT2D eigenvalue weighted by Crippen LogP contribution is 2.38. The third-order valence-corrected chi connectivity index (χ3v) is 6.61. The van der Waals surface area contributed by atoms with Gasteiger partial charge >= 0.3 is 0 Å². The second-order valence-corrected chi connectivity index (χ2v) is 9.27. The number of aliphatic hydroxyl groups is 1. The molecular weight excluding hydrogens is 490 g/mol. The smallest absolute Gasteiger partial charge is 0.290 e. The minimum absolute atomic E-state index is 0.0766. The minimum Gasteiger partial charge on any atom is -0.503 e. The van der Waals surface area contributed by atoms with Crippen LogP contribution in [0.4, 0.5) is 0 Å². The van der Waals surface area contributed by atoms with Gasteiger partial charge in [-0.3, -0.25) is 9.59 Å². The number of aryl methyl sites for hydroxylation is 1. The van der Waals surface area contributed by atoms with Crippen LogP contribution in [0.1, 0.15) is 29.2 Å². The Balaban J connectivity index is 1.38. The molecule has 4 aromatic rings. The molecule has 7 heteroatoms. The zero-order valence-corrected chi connectivity index (χ0v) is 21.4. The molecule has 5 rings (SSSR count). The lowest BCUT2D eigenvalue weighted by Gasteiger charge is -2.27. The van der Waals surface area contributed by atoms with Crippen LogP contribution in [0.5, 0.6) is 5.75 Å². The number of carbonyl (C=O) groups excluding carboxylic acids is 2. The summed E-state index contributed by atoms with van der Waals surface area (Å²) in [4.78, 5) is 32.2. The van der Waals surface area contributed by atoms with Crippen molar-refractivity contribution in [1.29, 1.82) is 0 Å². The summed E-state index contributed by atoms with van der Waals surface area (Å²) in [6.07, 6.45) is 9.01. The molecular formula is C32H29N3O4. The van der Waals surface area contributed by atoms with E-state index in [0.717, 1.165) is 16.7 Å². The number of imidazole rings is 1. The lowest BCUT2D eigenvalue weighted by atomic mass is 9.95. The highest BCUT2D eigenvalue weighted by Gasteiger charge is 2.42. The van der Waals surface area contributed by atoms with E-state index >= 15 is 0 Å². The molecule has 0 spiro atoms. The van der Waals surface area contributed by atoms with Crippen LogP contribution in [-0.4, -0.2) is 37.8 Å². The second-order valence-electron chi connectivity index (χ2n) is 9.27. The predicted octanol–water partition coefficient (Wildman–Crippen LogP) is 5.53. The molecule has 1 aliphatic heterocycles. The number of nitrogens with zero attached hydrogens (tertiary/aromatic N) is 3. The van der Waals surface area contributed by atoms with Crippen molar-refractivity contribution in [3.8, 4) is 5.75 Å². The molecule has 3 aromatic carbocycles. The molecule has 0 aliphatic carbocycles. The third-order valence-electron chi connectivity index (χ3n) is 6.61. The number of benzene rings is 3. The summed E-state index contributed by atoms with van der Waals surface area (Å²) < 4.78 is 7.85. The maximum atomic E-state index is 13.4. The van der Waals surface area contributed by atoms with Crippen molar-refractivity contribution in [3.63, 3.8) is 0 Å². The number of amides is 1. The Hall–Kier alpha value is -4.91. The number of hydrogen-bond acceptors (Lipinski definition) is 5. The Morgan fingerprint density at radius 2 is 1.67 bits per heavy atom. The van der Waals surface area contributed by atoms with Crippen molar-refractivity contribution < 1.29 is 19.4 Å². The molecule has 1 atom stereocenters. The maximum Gasteiger partial charge on any atom is 0.290 e. The molecule has 0 bridgehead atoms. The van der Waals surface area contributed by atoms with E-state index in [2.05, 4.69) is 4.98 Å². The minimum atomic E-state index is -0.712. The van der Waals surface area contributed by atoms with Crippen LogP contribution >= 0.6 is 0 Å². The molecule has 1 unspecified atom stereocenters. The molecule has 1 aliphatic rings. The quantitative estimate of drug-likeness (QED) is 0.264. The Kier molecular flexibility index (Phi) is 7.98. The fraction of sp³-hybridized carbons (Fsp3) is 0.156. The van der Waals surface area contributed by atoms with Crippen molar-refractivity contribution in [2.45, 2.75) is 25.6 Å². The zero-order chi connectivity index (χ0) is 27.0. The standard InChI is InChI=1S/C32H29N3O4/c36-28(17-12-24-8-3-1-4-9-24)29-30(35(32(38)31(29)37)20-7-19-34-21-18-33-23-34)26-13-15-27(16-14-26)39-22-25-10-5-2-6-11-25/h1-6,8-18,21,23,30,37H,7,19-20,22H2/b17-12+. The van der Waals surface area contributed by atoms with Crippen molar-refractivity contribution in [2.75, 3.05) is 6.54 Å². The second kappa shape index (κ2) is 12.1. The monoisotopic (exact) mass is 519 g/mol. The first-order valence-corrected chi connectivity index (χ1v) is 12.8. The summed E-state index contributed by atoms with van der Waals surface area (Å²) in [7, 11) is 0. The van der Waals surface area contributed by atoms with E-state index in [-0.39, 0.29) is 5.57 Å². The number of hydrogen-bond donors (Lipinski definition) is 1. The molecule has 39 heavy (non-hydrogen) atoms. The van der Waals surface area contributed by atoms with Crippen LogP contribution in [0.2, 0.25) is 0 Å². The van der Waals surface area contributed by atoms with Gasteiger partial charge in [0.05, 0.1) is 17.9 Å². The molecule has 0 fully saturated rings. The van der Waals surface area contributed by atoms with Crippen molar-refractivity contribution in [1.82, 2.24) is 14.5 Å². The van der Waals surface area contributed by atoms with Gasteiger partial charge < -0.3 is 19.3 Å². The lowest BCUT2D eigenvalue weighted by molar-refractivity contribution is -0.129. The molecule has 7 nitrogen and oxygen atoms in total. The normalized spacial score (nSPS) is 15.3. The van der Waals surface area contributed by atoms with Crippen LogP contribution in [0, 0.1) is 0 Å². The number of ketones is 1. The van der Waals surface area contributed by atoms with Gasteiger partial charge in [-0.2, -0.15) is 0 Å². The number of ether oxygens (including phenoxy) is 1. The van der Waals surface area contributed by atoms with Gasteiger partial charge in [0.2, 0.25) is 0 Å². The van der Waals surface area contributed by atoms with Gasteiger partial charge in [-0.15, -0.1) is 0 Å². The van der Waals surface area contributed by atoms with Gasteiger partial charge in [0.25, 0.3) is 5.91 Å². The Labute approximate surface area is 227 Å². The van der Waals surface area contributed by atoms with E-state index in [0.29, 0.717) is 31.9 Å². The van der Waals surface area contributed by atoms with E-state index in [1.165, 1.54) is 6.08 Å². The Bertz CT molecular complexity index is 1460.